The lowest BCUT2D eigenvalue weighted by Gasteiger charge is -2.21. The molecule has 4 nitrogen and oxygen atoms in total. The predicted octanol–water partition coefficient (Wildman–Crippen LogP) is 2.54. The number of halogens is 1. The van der Waals surface area contributed by atoms with E-state index in [2.05, 4.69) is 0 Å². The van der Waals surface area contributed by atoms with Crippen molar-refractivity contribution in [2.45, 2.75) is 11.8 Å². The molecule has 0 unspecified atom stereocenters. The Kier molecular flexibility index (Phi) is 3.67. The normalized spacial score (nSPS) is 11.3. The average Bonchev–Trinajstić information content (AvgIpc) is 2.42. The number of hydrogen-bond donors (Lipinski definition) is 1. The Labute approximate surface area is 117 Å². The number of sulfonamides is 1. The Morgan fingerprint density at radius 3 is 2.35 bits per heavy atom. The van der Waals surface area contributed by atoms with E-state index < -0.39 is 15.8 Å². The minimum absolute atomic E-state index is 0.00255. The van der Waals surface area contributed by atoms with Gasteiger partial charge >= 0.3 is 0 Å². The van der Waals surface area contributed by atoms with E-state index in [9.17, 15) is 12.8 Å². The maximum atomic E-state index is 13.3. The van der Waals surface area contributed by atoms with E-state index in [1.807, 2.05) is 0 Å². The summed E-state index contributed by atoms with van der Waals surface area (Å²) in [5.41, 5.74) is 6.12. The van der Waals surface area contributed by atoms with Crippen LogP contribution in [0.1, 0.15) is 5.56 Å². The van der Waals surface area contributed by atoms with Crippen molar-refractivity contribution >= 4 is 21.4 Å². The third-order valence-electron chi connectivity index (χ3n) is 3.05. The van der Waals surface area contributed by atoms with Gasteiger partial charge in [0.05, 0.1) is 16.3 Å². The molecule has 0 amide bonds. The van der Waals surface area contributed by atoms with Gasteiger partial charge in [-0.15, -0.1) is 0 Å². The largest absolute Gasteiger partial charge is 0.396 e. The second-order valence-electron chi connectivity index (χ2n) is 4.45. The van der Waals surface area contributed by atoms with Gasteiger partial charge in [-0.2, -0.15) is 0 Å². The smallest absolute Gasteiger partial charge is 0.264 e. The van der Waals surface area contributed by atoms with Crippen LogP contribution in [0.25, 0.3) is 0 Å². The van der Waals surface area contributed by atoms with Crippen LogP contribution in [0, 0.1) is 12.7 Å². The van der Waals surface area contributed by atoms with E-state index in [-0.39, 0.29) is 10.6 Å². The Bertz CT molecular complexity index is 730. The van der Waals surface area contributed by atoms with Gasteiger partial charge in [0.15, 0.2) is 0 Å². The third-order valence-corrected chi connectivity index (χ3v) is 4.98. The molecule has 0 aromatic heterocycles. The van der Waals surface area contributed by atoms with E-state index in [1.165, 1.54) is 14.0 Å². The Morgan fingerprint density at radius 1 is 1.15 bits per heavy atom. The van der Waals surface area contributed by atoms with Gasteiger partial charge in [-0.05, 0) is 36.8 Å². The number of nitrogens with zero attached hydrogens (tertiary/aromatic N) is 1. The van der Waals surface area contributed by atoms with Crippen molar-refractivity contribution in [2.24, 2.45) is 0 Å². The number of nitrogens with two attached hydrogens (primary N) is 1. The number of para-hydroxylation sites is 1. The van der Waals surface area contributed by atoms with Crippen LogP contribution in [0.15, 0.2) is 47.4 Å². The van der Waals surface area contributed by atoms with Gasteiger partial charge in [-0.25, -0.2) is 12.8 Å². The molecule has 106 valence electrons. The predicted molar refractivity (Wildman–Crippen MR) is 77.6 cm³/mol. The molecule has 0 saturated heterocycles. The van der Waals surface area contributed by atoms with E-state index in [0.29, 0.717) is 11.3 Å². The van der Waals surface area contributed by atoms with Crippen LogP contribution in [0.3, 0.4) is 0 Å². The molecule has 2 rings (SSSR count). The summed E-state index contributed by atoms with van der Waals surface area (Å²) in [6.45, 7) is 1.54. The first-order valence-corrected chi connectivity index (χ1v) is 7.37. The fourth-order valence-electron chi connectivity index (χ4n) is 1.87. The Balaban J connectivity index is 2.54. The van der Waals surface area contributed by atoms with Gasteiger partial charge in [-0.3, -0.25) is 4.31 Å². The summed E-state index contributed by atoms with van der Waals surface area (Å²) in [5, 5.41) is 0. The molecule has 0 aliphatic rings. The first kappa shape index (κ1) is 14.3. The van der Waals surface area contributed by atoms with Crippen LogP contribution in [0.5, 0.6) is 0 Å². The molecular formula is C14H15FN2O2S. The van der Waals surface area contributed by atoms with Crippen LogP contribution in [0.2, 0.25) is 0 Å². The highest BCUT2D eigenvalue weighted by Gasteiger charge is 2.24. The van der Waals surface area contributed by atoms with E-state index in [1.54, 1.807) is 30.3 Å². The van der Waals surface area contributed by atoms with Crippen molar-refractivity contribution in [3.05, 3.63) is 53.8 Å². The highest BCUT2D eigenvalue weighted by Crippen LogP contribution is 2.27. The van der Waals surface area contributed by atoms with Crippen molar-refractivity contribution in [1.82, 2.24) is 0 Å². The lowest BCUT2D eigenvalue weighted by atomic mass is 10.2. The van der Waals surface area contributed by atoms with E-state index >= 15 is 0 Å². The zero-order valence-corrected chi connectivity index (χ0v) is 12.0. The van der Waals surface area contributed by atoms with Crippen LogP contribution >= 0.6 is 0 Å². The van der Waals surface area contributed by atoms with Crippen molar-refractivity contribution in [3.8, 4) is 0 Å². The maximum absolute atomic E-state index is 13.3. The number of benzene rings is 2. The van der Waals surface area contributed by atoms with Gasteiger partial charge in [-0.1, -0.05) is 18.2 Å². The van der Waals surface area contributed by atoms with Crippen LogP contribution in [-0.2, 0) is 10.0 Å². The molecule has 0 bridgehead atoms. The first-order valence-electron chi connectivity index (χ1n) is 5.93. The summed E-state index contributed by atoms with van der Waals surface area (Å²) < 4.78 is 39.6. The molecule has 0 saturated carbocycles. The molecule has 0 atom stereocenters. The van der Waals surface area contributed by atoms with Crippen LogP contribution in [0.4, 0.5) is 15.8 Å². The van der Waals surface area contributed by atoms with Crippen molar-refractivity contribution in [3.63, 3.8) is 0 Å². The summed E-state index contributed by atoms with van der Waals surface area (Å²) in [4.78, 5) is 0.00255. The highest BCUT2D eigenvalue weighted by molar-refractivity contribution is 7.92. The van der Waals surface area contributed by atoms with E-state index in [4.69, 9.17) is 5.73 Å². The lowest BCUT2D eigenvalue weighted by molar-refractivity contribution is 0.592. The fraction of sp³-hybridized carbons (Fsp3) is 0.143. The molecule has 0 aliphatic heterocycles. The zero-order valence-electron chi connectivity index (χ0n) is 11.2. The number of hydrogen-bond acceptors (Lipinski definition) is 3. The molecule has 6 heteroatoms. The number of nitrogen functional groups attached to an aromatic ring is 1. The number of rotatable bonds is 3. The van der Waals surface area contributed by atoms with E-state index in [0.717, 1.165) is 16.4 Å². The minimum atomic E-state index is -3.78. The Hall–Kier alpha value is -2.08. The average molecular weight is 294 g/mol. The molecule has 20 heavy (non-hydrogen) atoms. The van der Waals surface area contributed by atoms with Gasteiger partial charge in [0.2, 0.25) is 0 Å². The molecule has 0 heterocycles. The van der Waals surface area contributed by atoms with Crippen LogP contribution in [-0.4, -0.2) is 15.5 Å². The minimum Gasteiger partial charge on any atom is -0.396 e. The summed E-state index contributed by atoms with van der Waals surface area (Å²) in [7, 11) is -2.33. The highest BCUT2D eigenvalue weighted by atomic mass is 32.2. The maximum Gasteiger partial charge on any atom is 0.264 e. The molecular weight excluding hydrogens is 279 g/mol. The molecule has 0 radical (unpaired) electrons. The fourth-order valence-corrected chi connectivity index (χ4v) is 3.31. The van der Waals surface area contributed by atoms with Gasteiger partial charge in [0, 0.05) is 7.05 Å². The first-order chi connectivity index (χ1) is 9.34. The Morgan fingerprint density at radius 2 is 1.75 bits per heavy atom. The standard InChI is InChI=1S/C14H15FN2O2S/c1-10-8-12(15)13(16)9-14(10)20(18,19)17(2)11-6-4-3-5-7-11/h3-9H,16H2,1-2H3. The van der Waals surface area contributed by atoms with Crippen molar-refractivity contribution < 1.29 is 12.8 Å². The molecule has 2 aromatic carbocycles. The molecule has 0 spiro atoms. The summed E-state index contributed by atoms with van der Waals surface area (Å²) >= 11 is 0. The van der Waals surface area contributed by atoms with Gasteiger partial charge in [0.1, 0.15) is 5.82 Å². The number of anilines is 2. The molecule has 0 aliphatic carbocycles. The summed E-state index contributed by atoms with van der Waals surface area (Å²) in [6.07, 6.45) is 0. The van der Waals surface area contributed by atoms with Gasteiger partial charge < -0.3 is 5.73 Å². The molecule has 0 fully saturated rings. The SMILES string of the molecule is Cc1cc(F)c(N)cc1S(=O)(=O)N(C)c1ccccc1. The second kappa shape index (κ2) is 5.13. The van der Waals surface area contributed by atoms with Crippen molar-refractivity contribution in [1.29, 1.82) is 0 Å². The van der Waals surface area contributed by atoms with Crippen LogP contribution < -0.4 is 10.0 Å². The van der Waals surface area contributed by atoms with Crippen molar-refractivity contribution in [2.75, 3.05) is 17.1 Å². The zero-order chi connectivity index (χ0) is 14.9. The quantitative estimate of drug-likeness (QED) is 0.885. The monoisotopic (exact) mass is 294 g/mol. The lowest BCUT2D eigenvalue weighted by Crippen LogP contribution is -2.27. The number of aryl methyl sites for hydroxylation is 1. The second-order valence-corrected chi connectivity index (χ2v) is 6.38. The molecule has 2 aromatic rings. The summed E-state index contributed by atoms with van der Waals surface area (Å²) in [6, 6.07) is 10.9. The third kappa shape index (κ3) is 2.46. The topological polar surface area (TPSA) is 63.4 Å². The summed E-state index contributed by atoms with van der Waals surface area (Å²) in [5.74, 6) is -0.621. The van der Waals surface area contributed by atoms with Gasteiger partial charge in [0.25, 0.3) is 10.0 Å². The molecule has 2 N–H and O–H groups in total.